The summed E-state index contributed by atoms with van der Waals surface area (Å²) in [6, 6.07) is 14.2. The molecule has 1 atom stereocenters. The zero-order valence-electron chi connectivity index (χ0n) is 14.8. The Kier molecular flexibility index (Phi) is 6.25. The summed E-state index contributed by atoms with van der Waals surface area (Å²) in [5.41, 5.74) is 2.02. The van der Waals surface area contributed by atoms with Gasteiger partial charge in [0.15, 0.2) is 0 Å². The van der Waals surface area contributed by atoms with E-state index in [1.54, 1.807) is 24.1 Å². The number of nitrogens with zero attached hydrogens (tertiary/aromatic N) is 2. The molecule has 0 saturated carbocycles. The van der Waals surface area contributed by atoms with Crippen molar-refractivity contribution in [2.24, 2.45) is 0 Å². The second-order valence-electron chi connectivity index (χ2n) is 6.62. The molecular weight excluding hydrogens is 353 g/mol. The molecule has 0 aliphatic carbocycles. The molecule has 0 aromatic heterocycles. The Morgan fingerprint density at radius 1 is 1.31 bits per heavy atom. The number of halogens is 2. The van der Waals surface area contributed by atoms with E-state index in [2.05, 4.69) is 10.2 Å². The first-order valence-corrected chi connectivity index (χ1v) is 9.09. The fourth-order valence-corrected chi connectivity index (χ4v) is 3.42. The molecule has 26 heavy (non-hydrogen) atoms. The fraction of sp³-hybridized carbons (Fsp3) is 0.350. The highest BCUT2D eigenvalue weighted by molar-refractivity contribution is 6.30. The van der Waals surface area contributed by atoms with Gasteiger partial charge in [0.1, 0.15) is 5.82 Å². The number of carbonyl (C=O) groups excluding carboxylic acids is 1. The molecule has 1 aliphatic rings. The smallest absolute Gasteiger partial charge is 0.236 e. The highest BCUT2D eigenvalue weighted by Crippen LogP contribution is 2.24. The van der Waals surface area contributed by atoms with Gasteiger partial charge >= 0.3 is 0 Å². The molecule has 1 N–H and O–H groups in total. The minimum Gasteiger partial charge on any atom is -0.340 e. The van der Waals surface area contributed by atoms with Gasteiger partial charge in [-0.05, 0) is 35.4 Å². The van der Waals surface area contributed by atoms with Gasteiger partial charge in [-0.25, -0.2) is 4.39 Å². The van der Waals surface area contributed by atoms with Crippen molar-refractivity contribution < 1.29 is 9.18 Å². The van der Waals surface area contributed by atoms with E-state index < -0.39 is 0 Å². The van der Waals surface area contributed by atoms with Crippen LogP contribution in [0.1, 0.15) is 17.2 Å². The van der Waals surface area contributed by atoms with Crippen LogP contribution in [0.3, 0.4) is 0 Å². The summed E-state index contributed by atoms with van der Waals surface area (Å²) >= 11 is 6.13. The van der Waals surface area contributed by atoms with Crippen LogP contribution in [-0.4, -0.2) is 48.9 Å². The normalized spacial score (nSPS) is 17.9. The standard InChI is InChI=1S/C20H23ClFN3O/c1-24(13-15-5-7-18(22)8-6-15)20(26)14-25-10-9-23-12-19(25)16-3-2-4-17(21)11-16/h2-8,11,19,23H,9-10,12-14H2,1H3. The summed E-state index contributed by atoms with van der Waals surface area (Å²) in [6.07, 6.45) is 0. The summed E-state index contributed by atoms with van der Waals surface area (Å²) in [4.78, 5) is 16.6. The Labute approximate surface area is 158 Å². The van der Waals surface area contributed by atoms with Crippen LogP contribution in [0.15, 0.2) is 48.5 Å². The van der Waals surface area contributed by atoms with Gasteiger partial charge in [-0.3, -0.25) is 9.69 Å². The highest BCUT2D eigenvalue weighted by Gasteiger charge is 2.26. The SMILES string of the molecule is CN(Cc1ccc(F)cc1)C(=O)CN1CCNCC1c1cccc(Cl)c1. The summed E-state index contributed by atoms with van der Waals surface area (Å²) in [7, 11) is 1.78. The molecule has 2 aromatic rings. The number of rotatable bonds is 5. The van der Waals surface area contributed by atoms with Crippen molar-refractivity contribution in [2.75, 3.05) is 33.2 Å². The van der Waals surface area contributed by atoms with E-state index in [0.29, 0.717) is 18.1 Å². The van der Waals surface area contributed by atoms with Gasteiger partial charge in [0.05, 0.1) is 6.54 Å². The molecule has 0 bridgehead atoms. The van der Waals surface area contributed by atoms with Gasteiger partial charge in [-0.1, -0.05) is 35.9 Å². The van der Waals surface area contributed by atoms with E-state index >= 15 is 0 Å². The lowest BCUT2D eigenvalue weighted by Gasteiger charge is -2.37. The van der Waals surface area contributed by atoms with Crippen molar-refractivity contribution in [3.05, 3.63) is 70.5 Å². The van der Waals surface area contributed by atoms with Crippen LogP contribution in [-0.2, 0) is 11.3 Å². The largest absolute Gasteiger partial charge is 0.340 e. The quantitative estimate of drug-likeness (QED) is 0.872. The van der Waals surface area contributed by atoms with E-state index in [-0.39, 0.29) is 17.8 Å². The maximum absolute atomic E-state index is 13.0. The van der Waals surface area contributed by atoms with Crippen LogP contribution in [0.4, 0.5) is 4.39 Å². The first-order chi connectivity index (χ1) is 12.5. The Morgan fingerprint density at radius 2 is 2.08 bits per heavy atom. The summed E-state index contributed by atoms with van der Waals surface area (Å²) in [6.45, 7) is 3.25. The van der Waals surface area contributed by atoms with Crippen molar-refractivity contribution in [1.82, 2.24) is 15.1 Å². The lowest BCUT2D eigenvalue weighted by Crippen LogP contribution is -2.49. The van der Waals surface area contributed by atoms with Crippen molar-refractivity contribution in [3.63, 3.8) is 0 Å². The third-order valence-electron chi connectivity index (χ3n) is 4.68. The highest BCUT2D eigenvalue weighted by atomic mass is 35.5. The molecule has 0 radical (unpaired) electrons. The van der Waals surface area contributed by atoms with Gasteiger partial charge in [0, 0.05) is 44.3 Å². The van der Waals surface area contributed by atoms with Crippen molar-refractivity contribution in [3.8, 4) is 0 Å². The molecule has 1 amide bonds. The zero-order chi connectivity index (χ0) is 18.5. The van der Waals surface area contributed by atoms with Gasteiger partial charge in [-0.2, -0.15) is 0 Å². The number of carbonyl (C=O) groups is 1. The third kappa shape index (κ3) is 4.81. The number of piperazine rings is 1. The van der Waals surface area contributed by atoms with Gasteiger partial charge in [0.25, 0.3) is 0 Å². The van der Waals surface area contributed by atoms with Crippen LogP contribution in [0.25, 0.3) is 0 Å². The number of amides is 1. The molecule has 1 unspecified atom stereocenters. The minimum absolute atomic E-state index is 0.0447. The fourth-order valence-electron chi connectivity index (χ4n) is 3.22. The van der Waals surface area contributed by atoms with Crippen molar-refractivity contribution in [1.29, 1.82) is 0 Å². The maximum Gasteiger partial charge on any atom is 0.236 e. The second-order valence-corrected chi connectivity index (χ2v) is 7.06. The number of benzene rings is 2. The molecule has 0 spiro atoms. The van der Waals surface area contributed by atoms with Gasteiger partial charge in [0.2, 0.25) is 5.91 Å². The van der Waals surface area contributed by atoms with Gasteiger partial charge < -0.3 is 10.2 Å². The molecule has 2 aromatic carbocycles. The van der Waals surface area contributed by atoms with Crippen LogP contribution in [0.5, 0.6) is 0 Å². The summed E-state index contributed by atoms with van der Waals surface area (Å²) in [5.74, 6) is -0.226. The van der Waals surface area contributed by atoms with Crippen LogP contribution < -0.4 is 5.32 Å². The lowest BCUT2D eigenvalue weighted by molar-refractivity contribution is -0.132. The predicted molar refractivity (Wildman–Crippen MR) is 102 cm³/mol. The van der Waals surface area contributed by atoms with Crippen LogP contribution in [0.2, 0.25) is 5.02 Å². The van der Waals surface area contributed by atoms with E-state index in [1.807, 2.05) is 24.3 Å². The maximum atomic E-state index is 13.0. The number of hydrogen-bond donors (Lipinski definition) is 1. The summed E-state index contributed by atoms with van der Waals surface area (Å²) < 4.78 is 13.0. The minimum atomic E-state index is -0.270. The lowest BCUT2D eigenvalue weighted by atomic mass is 10.0. The average molecular weight is 376 g/mol. The van der Waals surface area contributed by atoms with E-state index in [9.17, 15) is 9.18 Å². The molecule has 138 valence electrons. The van der Waals surface area contributed by atoms with Crippen molar-refractivity contribution >= 4 is 17.5 Å². The Hall–Kier alpha value is -1.95. The Bertz CT molecular complexity index is 753. The van der Waals surface area contributed by atoms with Gasteiger partial charge in [-0.15, -0.1) is 0 Å². The number of likely N-dealkylation sites (N-methyl/N-ethyl adjacent to an activating group) is 1. The van der Waals surface area contributed by atoms with E-state index in [1.165, 1.54) is 12.1 Å². The Balaban J connectivity index is 1.65. The van der Waals surface area contributed by atoms with Crippen LogP contribution >= 0.6 is 11.6 Å². The predicted octanol–water partition coefficient (Wildman–Crippen LogP) is 3.08. The number of nitrogens with one attached hydrogen (secondary N) is 1. The second kappa shape index (κ2) is 8.62. The number of hydrogen-bond acceptors (Lipinski definition) is 3. The molecule has 6 heteroatoms. The first kappa shape index (κ1) is 18.8. The molecule has 1 aliphatic heterocycles. The van der Waals surface area contributed by atoms with Crippen LogP contribution in [0, 0.1) is 5.82 Å². The average Bonchev–Trinajstić information content (AvgIpc) is 2.64. The van der Waals surface area contributed by atoms with Crippen molar-refractivity contribution in [2.45, 2.75) is 12.6 Å². The molecule has 1 fully saturated rings. The first-order valence-electron chi connectivity index (χ1n) is 8.71. The third-order valence-corrected chi connectivity index (χ3v) is 4.92. The monoisotopic (exact) mass is 375 g/mol. The topological polar surface area (TPSA) is 35.6 Å². The molecular formula is C20H23ClFN3O. The summed E-state index contributed by atoms with van der Waals surface area (Å²) in [5, 5.41) is 4.09. The van der Waals surface area contributed by atoms with E-state index in [0.717, 1.165) is 30.8 Å². The molecule has 1 heterocycles. The zero-order valence-corrected chi connectivity index (χ0v) is 15.5. The molecule has 4 nitrogen and oxygen atoms in total. The molecule has 1 saturated heterocycles. The van der Waals surface area contributed by atoms with E-state index in [4.69, 9.17) is 11.6 Å². The molecule has 3 rings (SSSR count). The Morgan fingerprint density at radius 3 is 2.81 bits per heavy atom.